The van der Waals surface area contributed by atoms with Crippen molar-refractivity contribution in [3.8, 4) is 0 Å². The Labute approximate surface area is 115 Å². The first-order valence-electron chi connectivity index (χ1n) is 6.41. The molecule has 3 rings (SSSR count). The Balaban J connectivity index is 2.01. The van der Waals surface area contributed by atoms with Gasteiger partial charge in [-0.3, -0.25) is 9.69 Å². The normalized spacial score (nSPS) is 26.7. The molecule has 6 heteroatoms. The van der Waals surface area contributed by atoms with E-state index in [1.165, 1.54) is 4.90 Å². The minimum absolute atomic E-state index is 0.00523. The van der Waals surface area contributed by atoms with E-state index in [2.05, 4.69) is 0 Å². The first-order valence-corrected chi connectivity index (χ1v) is 7.35. The smallest absolute Gasteiger partial charge is 0.407 e. The van der Waals surface area contributed by atoms with Crippen molar-refractivity contribution < 1.29 is 14.7 Å². The number of nitrogens with zero attached hydrogens (tertiary/aromatic N) is 2. The van der Waals surface area contributed by atoms with Crippen molar-refractivity contribution in [1.29, 1.82) is 0 Å². The third-order valence-corrected chi connectivity index (χ3v) is 5.00. The molecule has 0 spiro atoms. The van der Waals surface area contributed by atoms with E-state index in [0.29, 0.717) is 19.5 Å². The van der Waals surface area contributed by atoms with Crippen LogP contribution in [-0.2, 0) is 4.79 Å². The highest BCUT2D eigenvalue weighted by Crippen LogP contribution is 2.39. The van der Waals surface area contributed by atoms with Gasteiger partial charge in [-0.15, -0.1) is 0 Å². The second kappa shape index (κ2) is 4.52. The van der Waals surface area contributed by atoms with E-state index < -0.39 is 6.09 Å². The Bertz CT molecular complexity index is 528. The zero-order valence-electron chi connectivity index (χ0n) is 10.7. The van der Waals surface area contributed by atoms with Crippen molar-refractivity contribution in [3.63, 3.8) is 0 Å². The summed E-state index contributed by atoms with van der Waals surface area (Å²) in [6.45, 7) is 2.93. The average molecular weight is 280 g/mol. The third kappa shape index (κ3) is 1.90. The number of amides is 2. The molecule has 2 amide bonds. The van der Waals surface area contributed by atoms with Crippen LogP contribution in [0.15, 0.2) is 10.8 Å². The highest BCUT2D eigenvalue weighted by Gasteiger charge is 2.45. The zero-order valence-corrected chi connectivity index (χ0v) is 11.5. The quantitative estimate of drug-likeness (QED) is 0.856. The van der Waals surface area contributed by atoms with Gasteiger partial charge >= 0.3 is 6.09 Å². The minimum atomic E-state index is -0.894. The van der Waals surface area contributed by atoms with Crippen LogP contribution in [0.5, 0.6) is 0 Å². The summed E-state index contributed by atoms with van der Waals surface area (Å²) in [5.41, 5.74) is 2.17. The van der Waals surface area contributed by atoms with Crippen LogP contribution in [0.3, 0.4) is 0 Å². The van der Waals surface area contributed by atoms with Crippen LogP contribution < -0.4 is 0 Å². The topological polar surface area (TPSA) is 60.9 Å². The largest absolute Gasteiger partial charge is 0.465 e. The number of carbonyl (C=O) groups excluding carboxylic acids is 1. The molecule has 2 fully saturated rings. The molecule has 0 radical (unpaired) electrons. The Morgan fingerprint density at radius 2 is 2.21 bits per heavy atom. The Morgan fingerprint density at radius 3 is 2.84 bits per heavy atom. The lowest BCUT2D eigenvalue weighted by molar-refractivity contribution is -0.131. The molecular formula is C13H16N2O3S. The van der Waals surface area contributed by atoms with Crippen LogP contribution in [0.4, 0.5) is 4.79 Å². The summed E-state index contributed by atoms with van der Waals surface area (Å²) in [5.74, 6) is 0.160. The van der Waals surface area contributed by atoms with Crippen molar-refractivity contribution in [2.75, 3.05) is 13.1 Å². The van der Waals surface area contributed by atoms with E-state index in [9.17, 15) is 14.7 Å². The van der Waals surface area contributed by atoms with Gasteiger partial charge in [0.05, 0.1) is 12.1 Å². The molecule has 0 aliphatic carbocycles. The van der Waals surface area contributed by atoms with E-state index in [-0.39, 0.29) is 18.0 Å². The maximum atomic E-state index is 11.8. The summed E-state index contributed by atoms with van der Waals surface area (Å²) in [5, 5.41) is 13.5. The van der Waals surface area contributed by atoms with Crippen molar-refractivity contribution >= 4 is 23.3 Å². The first-order chi connectivity index (χ1) is 9.09. The van der Waals surface area contributed by atoms with Crippen molar-refractivity contribution in [2.24, 2.45) is 0 Å². The number of carboxylic acid groups (broad SMARTS) is 1. The SMILES string of the molecule is Cc1cscc1[C@@H]1[C@@H]2CCC(=O)N2CCN1C(=O)O. The van der Waals surface area contributed by atoms with E-state index in [1.54, 1.807) is 11.3 Å². The fraction of sp³-hybridized carbons (Fsp3) is 0.538. The second-order valence-corrected chi connectivity index (χ2v) is 5.87. The molecule has 2 aliphatic heterocycles. The molecule has 0 unspecified atom stereocenters. The lowest BCUT2D eigenvalue weighted by atomic mass is 9.94. The van der Waals surface area contributed by atoms with E-state index >= 15 is 0 Å². The highest BCUT2D eigenvalue weighted by atomic mass is 32.1. The second-order valence-electron chi connectivity index (χ2n) is 5.12. The zero-order chi connectivity index (χ0) is 13.6. The van der Waals surface area contributed by atoms with Crippen LogP contribution in [0, 0.1) is 6.92 Å². The van der Waals surface area contributed by atoms with E-state index in [0.717, 1.165) is 17.5 Å². The van der Waals surface area contributed by atoms with Crippen molar-refractivity contribution in [3.05, 3.63) is 21.9 Å². The van der Waals surface area contributed by atoms with Crippen LogP contribution in [0.2, 0.25) is 0 Å². The first kappa shape index (κ1) is 12.5. The predicted octanol–water partition coefficient (Wildman–Crippen LogP) is 2.08. The highest BCUT2D eigenvalue weighted by molar-refractivity contribution is 7.08. The summed E-state index contributed by atoms with van der Waals surface area (Å²) >= 11 is 1.59. The number of rotatable bonds is 1. The summed E-state index contributed by atoms with van der Waals surface area (Å²) in [6, 6.07) is -0.199. The molecule has 2 atom stereocenters. The summed E-state index contributed by atoms with van der Waals surface area (Å²) < 4.78 is 0. The van der Waals surface area contributed by atoms with E-state index in [4.69, 9.17) is 0 Å². The number of thiophene rings is 1. The molecule has 0 aromatic carbocycles. The number of piperazine rings is 1. The number of hydrogen-bond donors (Lipinski definition) is 1. The maximum Gasteiger partial charge on any atom is 0.407 e. The summed E-state index contributed by atoms with van der Waals surface area (Å²) in [4.78, 5) is 26.7. The standard InChI is InChI=1S/C13H16N2O3S/c1-8-6-19-7-9(8)12-10-2-3-11(16)14(10)4-5-15(12)13(17)18/h6-7,10,12H,2-5H2,1H3,(H,17,18)/t10-,12+/m0/s1. The van der Waals surface area contributed by atoms with Gasteiger partial charge in [-0.2, -0.15) is 11.3 Å². The van der Waals surface area contributed by atoms with Gasteiger partial charge in [0.25, 0.3) is 0 Å². The molecule has 2 aliphatic rings. The molecule has 102 valence electrons. The molecule has 1 N–H and O–H groups in total. The minimum Gasteiger partial charge on any atom is -0.465 e. The number of hydrogen-bond acceptors (Lipinski definition) is 3. The Hall–Kier alpha value is -1.56. The third-order valence-electron chi connectivity index (χ3n) is 4.12. The van der Waals surface area contributed by atoms with Gasteiger partial charge in [0.2, 0.25) is 5.91 Å². The van der Waals surface area contributed by atoms with Crippen LogP contribution in [-0.4, -0.2) is 46.0 Å². The molecule has 2 saturated heterocycles. The molecule has 1 aromatic heterocycles. The van der Waals surface area contributed by atoms with Gasteiger partial charge in [-0.05, 0) is 35.2 Å². The number of fused-ring (bicyclic) bond motifs is 1. The van der Waals surface area contributed by atoms with Crippen LogP contribution >= 0.6 is 11.3 Å². The lowest BCUT2D eigenvalue weighted by Crippen LogP contribution is -2.54. The number of carbonyl (C=O) groups is 2. The van der Waals surface area contributed by atoms with Gasteiger partial charge < -0.3 is 10.0 Å². The molecule has 5 nitrogen and oxygen atoms in total. The Kier molecular flexibility index (Phi) is 2.97. The van der Waals surface area contributed by atoms with Crippen LogP contribution in [0.1, 0.15) is 30.0 Å². The van der Waals surface area contributed by atoms with Crippen molar-refractivity contribution in [1.82, 2.24) is 9.80 Å². The molecule has 0 bridgehead atoms. The van der Waals surface area contributed by atoms with Crippen molar-refractivity contribution in [2.45, 2.75) is 31.8 Å². The fourth-order valence-corrected chi connectivity index (χ4v) is 4.08. The van der Waals surface area contributed by atoms with Gasteiger partial charge in [-0.25, -0.2) is 4.79 Å². The Morgan fingerprint density at radius 1 is 1.42 bits per heavy atom. The summed E-state index contributed by atoms with van der Waals surface area (Å²) in [6.07, 6.45) is 0.398. The molecule has 0 saturated carbocycles. The van der Waals surface area contributed by atoms with Gasteiger partial charge in [0, 0.05) is 19.5 Å². The average Bonchev–Trinajstić information content (AvgIpc) is 2.95. The predicted molar refractivity (Wildman–Crippen MR) is 71.3 cm³/mol. The van der Waals surface area contributed by atoms with Gasteiger partial charge in [0.15, 0.2) is 0 Å². The van der Waals surface area contributed by atoms with Crippen LogP contribution in [0.25, 0.3) is 0 Å². The lowest BCUT2D eigenvalue weighted by Gasteiger charge is -2.43. The summed E-state index contributed by atoms with van der Waals surface area (Å²) in [7, 11) is 0. The molecule has 3 heterocycles. The van der Waals surface area contributed by atoms with Gasteiger partial charge in [-0.1, -0.05) is 0 Å². The molecule has 19 heavy (non-hydrogen) atoms. The fourth-order valence-electron chi connectivity index (χ4n) is 3.20. The van der Waals surface area contributed by atoms with Gasteiger partial charge in [0.1, 0.15) is 0 Å². The monoisotopic (exact) mass is 280 g/mol. The molecular weight excluding hydrogens is 264 g/mol. The number of aryl methyl sites for hydroxylation is 1. The maximum absolute atomic E-state index is 11.8. The van der Waals surface area contributed by atoms with E-state index in [1.807, 2.05) is 22.6 Å². The molecule has 1 aromatic rings.